The summed E-state index contributed by atoms with van der Waals surface area (Å²) in [5.74, 6) is 0.426. The summed E-state index contributed by atoms with van der Waals surface area (Å²) in [6.07, 6.45) is 0. The minimum atomic E-state index is -0.186. The van der Waals surface area contributed by atoms with Gasteiger partial charge in [0.25, 0.3) is 11.8 Å². The van der Waals surface area contributed by atoms with Gasteiger partial charge in [-0.1, -0.05) is 30.3 Å². The Morgan fingerprint density at radius 3 is 2.62 bits per heavy atom. The first-order valence-corrected chi connectivity index (χ1v) is 9.99. The van der Waals surface area contributed by atoms with Gasteiger partial charge < -0.3 is 15.0 Å². The third-order valence-electron chi connectivity index (χ3n) is 4.74. The average Bonchev–Trinajstić information content (AvgIpc) is 2.72. The molecule has 0 aliphatic carbocycles. The molecule has 1 aliphatic rings. The molecule has 0 saturated heterocycles. The summed E-state index contributed by atoms with van der Waals surface area (Å²) >= 11 is 3.47. The van der Waals surface area contributed by atoms with E-state index in [2.05, 4.69) is 21.2 Å². The first kappa shape index (κ1) is 19.2. The van der Waals surface area contributed by atoms with E-state index in [0.717, 1.165) is 27.0 Å². The Kier molecular flexibility index (Phi) is 5.36. The molecule has 2 amide bonds. The lowest BCUT2D eigenvalue weighted by Gasteiger charge is -2.29. The van der Waals surface area contributed by atoms with Crippen LogP contribution in [0.25, 0.3) is 0 Å². The minimum Gasteiger partial charge on any atom is -0.482 e. The van der Waals surface area contributed by atoms with Crippen molar-refractivity contribution in [3.05, 3.63) is 87.9 Å². The maximum atomic E-state index is 12.6. The van der Waals surface area contributed by atoms with Crippen molar-refractivity contribution < 1.29 is 14.3 Å². The molecule has 0 bridgehead atoms. The standard InChI is InChI=1S/C23H19BrN2O3/c1-15-6-11-19(18(24)12-15)25-23(28)17-9-7-16(8-10-17)13-26-20-4-2-3-5-21(20)29-14-22(26)27/h2-12H,13-14H2,1H3,(H,25,28). The quantitative estimate of drug-likeness (QED) is 0.612. The number of carbonyl (C=O) groups is 2. The molecule has 4 rings (SSSR count). The molecule has 0 spiro atoms. The molecular formula is C23H19BrN2O3. The number of halogens is 1. The molecule has 29 heavy (non-hydrogen) atoms. The number of para-hydroxylation sites is 2. The van der Waals surface area contributed by atoms with Gasteiger partial charge in [-0.25, -0.2) is 0 Å². The topological polar surface area (TPSA) is 58.6 Å². The van der Waals surface area contributed by atoms with E-state index in [1.54, 1.807) is 17.0 Å². The fourth-order valence-corrected chi connectivity index (χ4v) is 3.78. The smallest absolute Gasteiger partial charge is 0.265 e. The zero-order valence-electron chi connectivity index (χ0n) is 15.8. The van der Waals surface area contributed by atoms with E-state index in [9.17, 15) is 9.59 Å². The van der Waals surface area contributed by atoms with Crippen molar-refractivity contribution in [3.8, 4) is 5.75 Å². The molecule has 146 valence electrons. The van der Waals surface area contributed by atoms with Gasteiger partial charge >= 0.3 is 0 Å². The fourth-order valence-electron chi connectivity index (χ4n) is 3.19. The first-order valence-electron chi connectivity index (χ1n) is 9.20. The number of benzene rings is 3. The number of nitrogens with zero attached hydrogens (tertiary/aromatic N) is 1. The number of nitrogens with one attached hydrogen (secondary N) is 1. The van der Waals surface area contributed by atoms with Crippen LogP contribution in [-0.4, -0.2) is 18.4 Å². The predicted octanol–water partition coefficient (Wildman–Crippen LogP) is 4.94. The highest BCUT2D eigenvalue weighted by molar-refractivity contribution is 9.10. The Bertz CT molecular complexity index is 1080. The Hall–Kier alpha value is -3.12. The Morgan fingerprint density at radius 2 is 1.86 bits per heavy atom. The van der Waals surface area contributed by atoms with Gasteiger partial charge in [-0.3, -0.25) is 9.59 Å². The van der Waals surface area contributed by atoms with Gasteiger partial charge in [0.1, 0.15) is 5.75 Å². The van der Waals surface area contributed by atoms with Crippen LogP contribution in [0.4, 0.5) is 11.4 Å². The number of fused-ring (bicyclic) bond motifs is 1. The lowest BCUT2D eigenvalue weighted by molar-refractivity contribution is -0.121. The lowest BCUT2D eigenvalue weighted by Crippen LogP contribution is -2.38. The van der Waals surface area contributed by atoms with Crippen LogP contribution in [0, 0.1) is 6.92 Å². The van der Waals surface area contributed by atoms with Crippen LogP contribution in [0.2, 0.25) is 0 Å². The average molecular weight is 451 g/mol. The van der Waals surface area contributed by atoms with Gasteiger partial charge in [-0.15, -0.1) is 0 Å². The number of anilines is 2. The molecule has 5 nitrogen and oxygen atoms in total. The van der Waals surface area contributed by atoms with Crippen molar-refractivity contribution in [2.24, 2.45) is 0 Å². The summed E-state index contributed by atoms with van der Waals surface area (Å²) in [4.78, 5) is 26.6. The van der Waals surface area contributed by atoms with Crippen LogP contribution in [-0.2, 0) is 11.3 Å². The number of rotatable bonds is 4. The SMILES string of the molecule is Cc1ccc(NC(=O)c2ccc(CN3C(=O)COc4ccccc43)cc2)c(Br)c1. The second-order valence-corrected chi connectivity index (χ2v) is 7.72. The third kappa shape index (κ3) is 4.17. The van der Waals surface area contributed by atoms with Gasteiger partial charge in [-0.05, 0) is 70.4 Å². The molecule has 0 saturated carbocycles. The summed E-state index contributed by atoms with van der Waals surface area (Å²) < 4.78 is 6.32. The van der Waals surface area contributed by atoms with Gasteiger partial charge in [-0.2, -0.15) is 0 Å². The van der Waals surface area contributed by atoms with Crippen LogP contribution in [0.3, 0.4) is 0 Å². The van der Waals surface area contributed by atoms with Crippen LogP contribution < -0.4 is 15.0 Å². The molecule has 0 fully saturated rings. The van der Waals surface area contributed by atoms with E-state index in [1.807, 2.05) is 61.5 Å². The monoisotopic (exact) mass is 450 g/mol. The summed E-state index contributed by atoms with van der Waals surface area (Å²) in [6.45, 7) is 2.44. The van der Waals surface area contributed by atoms with E-state index in [1.165, 1.54) is 0 Å². The second kappa shape index (κ2) is 8.09. The largest absolute Gasteiger partial charge is 0.482 e. The van der Waals surface area contributed by atoms with Gasteiger partial charge in [0.2, 0.25) is 0 Å². The molecule has 3 aromatic rings. The normalized spacial score (nSPS) is 12.9. The summed E-state index contributed by atoms with van der Waals surface area (Å²) in [6, 6.07) is 20.5. The third-order valence-corrected chi connectivity index (χ3v) is 5.39. The molecular weight excluding hydrogens is 432 g/mol. The van der Waals surface area contributed by atoms with Crippen molar-refractivity contribution in [2.45, 2.75) is 13.5 Å². The van der Waals surface area contributed by atoms with Crippen molar-refractivity contribution in [1.29, 1.82) is 0 Å². The maximum Gasteiger partial charge on any atom is 0.265 e. The van der Waals surface area contributed by atoms with Crippen molar-refractivity contribution in [2.75, 3.05) is 16.8 Å². The van der Waals surface area contributed by atoms with Crippen molar-refractivity contribution in [1.82, 2.24) is 0 Å². The molecule has 1 aliphatic heterocycles. The molecule has 1 heterocycles. The fraction of sp³-hybridized carbons (Fsp3) is 0.130. The number of ether oxygens (including phenoxy) is 1. The summed E-state index contributed by atoms with van der Waals surface area (Å²) in [5, 5.41) is 2.91. The number of hydrogen-bond donors (Lipinski definition) is 1. The Labute approximate surface area is 177 Å². The van der Waals surface area contributed by atoms with E-state index in [-0.39, 0.29) is 18.4 Å². The van der Waals surface area contributed by atoms with E-state index < -0.39 is 0 Å². The lowest BCUT2D eigenvalue weighted by atomic mass is 10.1. The van der Waals surface area contributed by atoms with Crippen molar-refractivity contribution >= 4 is 39.1 Å². The summed E-state index contributed by atoms with van der Waals surface area (Å²) in [7, 11) is 0. The molecule has 6 heteroatoms. The zero-order chi connectivity index (χ0) is 20.4. The molecule has 0 radical (unpaired) electrons. The zero-order valence-corrected chi connectivity index (χ0v) is 17.4. The molecule has 0 aromatic heterocycles. The van der Waals surface area contributed by atoms with E-state index in [4.69, 9.17) is 4.74 Å². The summed E-state index contributed by atoms with van der Waals surface area (Å²) in [5.41, 5.74) is 4.08. The number of hydrogen-bond acceptors (Lipinski definition) is 3. The highest BCUT2D eigenvalue weighted by Crippen LogP contribution is 2.32. The minimum absolute atomic E-state index is 0.0307. The van der Waals surface area contributed by atoms with Gasteiger partial charge in [0.15, 0.2) is 6.61 Å². The number of aryl methyl sites for hydroxylation is 1. The molecule has 1 N–H and O–H groups in total. The van der Waals surface area contributed by atoms with Gasteiger partial charge in [0, 0.05) is 10.0 Å². The van der Waals surface area contributed by atoms with E-state index in [0.29, 0.717) is 17.9 Å². The number of carbonyl (C=O) groups excluding carboxylic acids is 2. The van der Waals surface area contributed by atoms with Crippen LogP contribution in [0.15, 0.2) is 71.2 Å². The predicted molar refractivity (Wildman–Crippen MR) is 116 cm³/mol. The van der Waals surface area contributed by atoms with Gasteiger partial charge in [0.05, 0.1) is 17.9 Å². The highest BCUT2D eigenvalue weighted by atomic mass is 79.9. The first-order chi connectivity index (χ1) is 14.0. The maximum absolute atomic E-state index is 12.6. The molecule has 3 aromatic carbocycles. The highest BCUT2D eigenvalue weighted by Gasteiger charge is 2.25. The number of amides is 2. The van der Waals surface area contributed by atoms with E-state index >= 15 is 0 Å². The second-order valence-electron chi connectivity index (χ2n) is 6.87. The van der Waals surface area contributed by atoms with Crippen molar-refractivity contribution in [3.63, 3.8) is 0 Å². The van der Waals surface area contributed by atoms with Crippen LogP contribution in [0.5, 0.6) is 5.75 Å². The van der Waals surface area contributed by atoms with Crippen LogP contribution >= 0.6 is 15.9 Å². The van der Waals surface area contributed by atoms with Crippen LogP contribution in [0.1, 0.15) is 21.5 Å². The Morgan fingerprint density at radius 1 is 1.10 bits per heavy atom. The molecule has 0 unspecified atom stereocenters. The Balaban J connectivity index is 1.48. The molecule has 0 atom stereocenters.